The van der Waals surface area contributed by atoms with Crippen molar-refractivity contribution in [1.29, 1.82) is 0 Å². The molecule has 0 aliphatic heterocycles. The quantitative estimate of drug-likeness (QED) is 0.868. The third-order valence-corrected chi connectivity index (χ3v) is 3.14. The maximum atomic E-state index is 12.8. The fourth-order valence-electron chi connectivity index (χ4n) is 1.75. The molecule has 0 saturated heterocycles. The number of benzene rings is 2. The summed E-state index contributed by atoms with van der Waals surface area (Å²) in [5.74, 6) is 0.628. The molecular weight excluding hydrogens is 309 g/mol. The summed E-state index contributed by atoms with van der Waals surface area (Å²) in [4.78, 5) is 0. The Morgan fingerprint density at radius 3 is 2.58 bits per heavy atom. The van der Waals surface area contributed by atoms with Gasteiger partial charge in [-0.3, -0.25) is 0 Å². The van der Waals surface area contributed by atoms with Crippen LogP contribution < -0.4 is 10.1 Å². The van der Waals surface area contributed by atoms with Gasteiger partial charge < -0.3 is 10.1 Å². The first-order valence-electron chi connectivity index (χ1n) is 6.09. The number of ether oxygens (including phenoxy) is 1. The monoisotopic (exact) mass is 323 g/mol. The van der Waals surface area contributed by atoms with E-state index in [0.717, 1.165) is 21.5 Å². The number of rotatable bonds is 5. The summed E-state index contributed by atoms with van der Waals surface area (Å²) in [7, 11) is 0. The summed E-state index contributed by atoms with van der Waals surface area (Å²) in [6.45, 7) is 3.21. The predicted octanol–water partition coefficient (Wildman–Crippen LogP) is 4.60. The van der Waals surface area contributed by atoms with E-state index in [0.29, 0.717) is 13.2 Å². The van der Waals surface area contributed by atoms with Crippen molar-refractivity contribution in [2.45, 2.75) is 13.5 Å². The molecule has 0 amide bonds. The van der Waals surface area contributed by atoms with Crippen molar-refractivity contribution >= 4 is 21.6 Å². The fourth-order valence-corrected chi connectivity index (χ4v) is 2.16. The van der Waals surface area contributed by atoms with Crippen LogP contribution in [-0.2, 0) is 6.54 Å². The van der Waals surface area contributed by atoms with Crippen molar-refractivity contribution in [2.24, 2.45) is 0 Å². The van der Waals surface area contributed by atoms with Crippen molar-refractivity contribution in [3.8, 4) is 5.75 Å². The number of hydrogen-bond acceptors (Lipinski definition) is 2. The summed E-state index contributed by atoms with van der Waals surface area (Å²) in [6, 6.07) is 12.2. The highest BCUT2D eigenvalue weighted by molar-refractivity contribution is 9.10. The molecule has 2 rings (SSSR count). The molecule has 100 valence electrons. The maximum Gasteiger partial charge on any atom is 0.124 e. The van der Waals surface area contributed by atoms with Gasteiger partial charge in [0.25, 0.3) is 0 Å². The zero-order chi connectivity index (χ0) is 13.7. The molecule has 2 aromatic rings. The Hall–Kier alpha value is -1.55. The molecule has 0 heterocycles. The highest BCUT2D eigenvalue weighted by Crippen LogP contribution is 2.24. The van der Waals surface area contributed by atoms with Crippen molar-refractivity contribution < 1.29 is 9.13 Å². The van der Waals surface area contributed by atoms with E-state index in [2.05, 4.69) is 21.2 Å². The second-order valence-corrected chi connectivity index (χ2v) is 4.96. The summed E-state index contributed by atoms with van der Waals surface area (Å²) in [5, 5.41) is 3.25. The SMILES string of the molecule is CCOc1ccc(Br)cc1CNc1ccc(F)cc1. The third kappa shape index (κ3) is 3.96. The van der Waals surface area contributed by atoms with Gasteiger partial charge in [-0.15, -0.1) is 0 Å². The molecule has 2 aromatic carbocycles. The highest BCUT2D eigenvalue weighted by Gasteiger charge is 2.04. The second-order valence-electron chi connectivity index (χ2n) is 4.05. The van der Waals surface area contributed by atoms with Gasteiger partial charge in [0.1, 0.15) is 11.6 Å². The average Bonchev–Trinajstić information content (AvgIpc) is 2.41. The van der Waals surface area contributed by atoms with Crippen molar-refractivity contribution in [1.82, 2.24) is 0 Å². The molecule has 0 aliphatic rings. The summed E-state index contributed by atoms with van der Waals surface area (Å²) in [6.07, 6.45) is 0. The van der Waals surface area contributed by atoms with Crippen LogP contribution in [0.4, 0.5) is 10.1 Å². The van der Waals surface area contributed by atoms with Gasteiger partial charge in [0, 0.05) is 22.3 Å². The van der Waals surface area contributed by atoms with E-state index in [9.17, 15) is 4.39 Å². The lowest BCUT2D eigenvalue weighted by atomic mass is 10.2. The van der Waals surface area contributed by atoms with E-state index >= 15 is 0 Å². The molecule has 0 radical (unpaired) electrons. The smallest absolute Gasteiger partial charge is 0.124 e. The van der Waals surface area contributed by atoms with E-state index < -0.39 is 0 Å². The Bertz CT molecular complexity index is 542. The molecule has 1 N–H and O–H groups in total. The first kappa shape index (κ1) is 13.9. The lowest BCUT2D eigenvalue weighted by molar-refractivity contribution is 0.337. The van der Waals surface area contributed by atoms with Crippen molar-refractivity contribution in [3.63, 3.8) is 0 Å². The van der Waals surface area contributed by atoms with E-state index in [1.807, 2.05) is 25.1 Å². The third-order valence-electron chi connectivity index (χ3n) is 2.65. The number of anilines is 1. The van der Waals surface area contributed by atoms with Crippen LogP contribution in [0.2, 0.25) is 0 Å². The van der Waals surface area contributed by atoms with Gasteiger partial charge in [-0.25, -0.2) is 4.39 Å². The average molecular weight is 324 g/mol. The zero-order valence-electron chi connectivity index (χ0n) is 10.6. The van der Waals surface area contributed by atoms with E-state index in [-0.39, 0.29) is 5.82 Å². The van der Waals surface area contributed by atoms with Gasteiger partial charge in [0.2, 0.25) is 0 Å². The summed E-state index contributed by atoms with van der Waals surface area (Å²) in [5.41, 5.74) is 1.93. The van der Waals surface area contributed by atoms with Crippen LogP contribution in [-0.4, -0.2) is 6.61 Å². The van der Waals surface area contributed by atoms with Crippen LogP contribution in [0.15, 0.2) is 46.9 Å². The van der Waals surface area contributed by atoms with Gasteiger partial charge in [0.05, 0.1) is 6.61 Å². The lowest BCUT2D eigenvalue weighted by Gasteiger charge is -2.12. The standard InChI is InChI=1S/C15H15BrFNO/c1-2-19-15-8-3-12(16)9-11(15)10-18-14-6-4-13(17)5-7-14/h3-9,18H,2,10H2,1H3. The Morgan fingerprint density at radius 2 is 1.89 bits per heavy atom. The molecule has 0 unspecified atom stereocenters. The highest BCUT2D eigenvalue weighted by atomic mass is 79.9. The number of nitrogens with one attached hydrogen (secondary N) is 1. The molecule has 2 nitrogen and oxygen atoms in total. The molecule has 0 bridgehead atoms. The minimum atomic E-state index is -0.233. The molecular formula is C15H15BrFNO. The molecule has 0 saturated carbocycles. The normalized spacial score (nSPS) is 10.3. The van der Waals surface area contributed by atoms with Gasteiger partial charge in [-0.1, -0.05) is 15.9 Å². The zero-order valence-corrected chi connectivity index (χ0v) is 12.2. The Morgan fingerprint density at radius 1 is 1.16 bits per heavy atom. The summed E-state index contributed by atoms with van der Waals surface area (Å²) < 4.78 is 19.4. The van der Waals surface area contributed by atoms with Crippen LogP contribution in [0, 0.1) is 5.82 Å². The number of halogens is 2. The first-order valence-corrected chi connectivity index (χ1v) is 6.89. The van der Waals surface area contributed by atoms with Gasteiger partial charge in [0.15, 0.2) is 0 Å². The minimum absolute atomic E-state index is 0.233. The largest absolute Gasteiger partial charge is 0.494 e. The molecule has 0 aromatic heterocycles. The topological polar surface area (TPSA) is 21.3 Å². The van der Waals surface area contributed by atoms with Gasteiger partial charge in [-0.05, 0) is 49.4 Å². The number of hydrogen-bond donors (Lipinski definition) is 1. The minimum Gasteiger partial charge on any atom is -0.494 e. The second kappa shape index (κ2) is 6.57. The van der Waals surface area contributed by atoms with Crippen molar-refractivity contribution in [3.05, 3.63) is 58.3 Å². The first-order chi connectivity index (χ1) is 9.19. The molecule has 0 aliphatic carbocycles. The Labute approximate surface area is 120 Å². The fraction of sp³-hybridized carbons (Fsp3) is 0.200. The Balaban J connectivity index is 2.09. The van der Waals surface area contributed by atoms with Crippen molar-refractivity contribution in [2.75, 3.05) is 11.9 Å². The Kier molecular flexibility index (Phi) is 4.80. The van der Waals surface area contributed by atoms with E-state index in [4.69, 9.17) is 4.74 Å². The lowest BCUT2D eigenvalue weighted by Crippen LogP contribution is -2.03. The maximum absolute atomic E-state index is 12.8. The van der Waals surface area contributed by atoms with E-state index in [1.165, 1.54) is 12.1 Å². The van der Waals surface area contributed by atoms with Gasteiger partial charge in [-0.2, -0.15) is 0 Å². The van der Waals surface area contributed by atoms with E-state index in [1.54, 1.807) is 12.1 Å². The van der Waals surface area contributed by atoms with Crippen LogP contribution in [0.3, 0.4) is 0 Å². The molecule has 0 atom stereocenters. The summed E-state index contributed by atoms with van der Waals surface area (Å²) >= 11 is 3.45. The van der Waals surface area contributed by atoms with Crippen LogP contribution in [0.1, 0.15) is 12.5 Å². The predicted molar refractivity (Wildman–Crippen MR) is 79.0 cm³/mol. The van der Waals surface area contributed by atoms with Crippen LogP contribution >= 0.6 is 15.9 Å². The molecule has 0 fully saturated rings. The molecule has 4 heteroatoms. The molecule has 19 heavy (non-hydrogen) atoms. The molecule has 0 spiro atoms. The van der Waals surface area contributed by atoms with Crippen LogP contribution in [0.25, 0.3) is 0 Å². The van der Waals surface area contributed by atoms with Crippen LogP contribution in [0.5, 0.6) is 5.75 Å². The van der Waals surface area contributed by atoms with Gasteiger partial charge >= 0.3 is 0 Å².